The van der Waals surface area contributed by atoms with E-state index in [0.29, 0.717) is 6.61 Å². The molecule has 5 nitrogen and oxygen atoms in total. The second-order valence-corrected chi connectivity index (χ2v) is 6.55. The molecule has 2 aliphatic rings. The van der Waals surface area contributed by atoms with Gasteiger partial charge in [-0.15, -0.1) is 0 Å². The highest BCUT2D eigenvalue weighted by molar-refractivity contribution is 7.81. The Bertz CT molecular complexity index is 517. The Morgan fingerprint density at radius 3 is 2.42 bits per heavy atom. The third kappa shape index (κ3) is 2.97. The summed E-state index contributed by atoms with van der Waals surface area (Å²) in [6.45, 7) is 1.00. The van der Waals surface area contributed by atoms with Gasteiger partial charge in [-0.1, -0.05) is 30.3 Å². The monoisotopic (exact) mass is 284 g/mol. The maximum atomic E-state index is 11.0. The second kappa shape index (κ2) is 4.86. The first-order valence-corrected chi connectivity index (χ1v) is 7.60. The molecule has 0 radical (unpaired) electrons. The van der Waals surface area contributed by atoms with Crippen LogP contribution in [0.25, 0.3) is 0 Å². The number of rotatable bonds is 3. The van der Waals surface area contributed by atoms with Crippen LogP contribution in [0, 0.1) is 5.41 Å². The molecule has 1 saturated heterocycles. The van der Waals surface area contributed by atoms with Crippen molar-refractivity contribution >= 4 is 10.4 Å². The van der Waals surface area contributed by atoms with Gasteiger partial charge < -0.3 is 4.74 Å². The quantitative estimate of drug-likeness (QED) is 0.844. The van der Waals surface area contributed by atoms with Crippen LogP contribution >= 0.6 is 0 Å². The zero-order chi connectivity index (χ0) is 13.3. The van der Waals surface area contributed by atoms with Gasteiger partial charge in [-0.2, -0.15) is 8.42 Å². The van der Waals surface area contributed by atoms with E-state index in [9.17, 15) is 8.42 Å². The van der Waals surface area contributed by atoms with Crippen LogP contribution < -0.4 is 0 Å². The van der Waals surface area contributed by atoms with Crippen LogP contribution in [0.5, 0.6) is 0 Å². The van der Waals surface area contributed by atoms with Gasteiger partial charge in [-0.05, 0) is 18.4 Å². The van der Waals surface area contributed by atoms with Crippen LogP contribution in [0.3, 0.4) is 0 Å². The molecule has 0 aromatic heterocycles. The van der Waals surface area contributed by atoms with Crippen LogP contribution in [0.15, 0.2) is 30.3 Å². The van der Waals surface area contributed by atoms with Crippen molar-refractivity contribution in [2.75, 3.05) is 13.2 Å². The average molecular weight is 284 g/mol. The SMILES string of the molecule is O=S1(=O)OCC2(CO1)CC(OCc1ccccc1)C2. The Morgan fingerprint density at radius 1 is 1.16 bits per heavy atom. The normalized spacial score (nSPS) is 25.1. The summed E-state index contributed by atoms with van der Waals surface area (Å²) in [5.41, 5.74) is 0.967. The largest absolute Gasteiger partial charge is 0.399 e. The molecule has 0 N–H and O–H groups in total. The van der Waals surface area contributed by atoms with Crippen molar-refractivity contribution in [3.63, 3.8) is 0 Å². The molecule has 1 aliphatic carbocycles. The summed E-state index contributed by atoms with van der Waals surface area (Å²) >= 11 is 0. The molecule has 1 spiro atoms. The molecule has 1 heterocycles. The highest BCUT2D eigenvalue weighted by Crippen LogP contribution is 2.46. The Kier molecular flexibility index (Phi) is 3.34. The predicted molar refractivity (Wildman–Crippen MR) is 67.5 cm³/mol. The lowest BCUT2D eigenvalue weighted by Gasteiger charge is -2.47. The molecule has 0 amide bonds. The van der Waals surface area contributed by atoms with Gasteiger partial charge in [-0.3, -0.25) is 0 Å². The zero-order valence-corrected chi connectivity index (χ0v) is 11.3. The fourth-order valence-corrected chi connectivity index (χ4v) is 3.37. The van der Waals surface area contributed by atoms with E-state index in [2.05, 4.69) is 0 Å². The summed E-state index contributed by atoms with van der Waals surface area (Å²) < 4.78 is 37.2. The molecular formula is C13H16O5S. The van der Waals surface area contributed by atoms with Crippen molar-refractivity contribution in [1.82, 2.24) is 0 Å². The van der Waals surface area contributed by atoms with Crippen molar-refractivity contribution in [1.29, 1.82) is 0 Å². The van der Waals surface area contributed by atoms with E-state index < -0.39 is 10.4 Å². The van der Waals surface area contributed by atoms with Crippen molar-refractivity contribution in [3.8, 4) is 0 Å². The van der Waals surface area contributed by atoms with Gasteiger partial charge in [-0.25, -0.2) is 8.37 Å². The topological polar surface area (TPSA) is 61.8 Å². The van der Waals surface area contributed by atoms with Crippen LogP contribution in [0.1, 0.15) is 18.4 Å². The minimum atomic E-state index is -3.74. The maximum absolute atomic E-state index is 11.0. The van der Waals surface area contributed by atoms with Gasteiger partial charge >= 0.3 is 10.4 Å². The standard InChI is InChI=1S/C13H16O5S/c14-19(15)17-9-13(10-18-19)6-12(7-13)16-8-11-4-2-1-3-5-11/h1-5,12H,6-10H2. The minimum absolute atomic E-state index is 0.160. The minimum Gasteiger partial charge on any atom is -0.373 e. The van der Waals surface area contributed by atoms with E-state index >= 15 is 0 Å². The Hall–Kier alpha value is -0.950. The van der Waals surface area contributed by atoms with E-state index in [4.69, 9.17) is 13.1 Å². The number of benzene rings is 1. The molecule has 19 heavy (non-hydrogen) atoms. The zero-order valence-electron chi connectivity index (χ0n) is 10.4. The molecule has 104 valence electrons. The molecule has 3 rings (SSSR count). The molecule has 0 unspecified atom stereocenters. The first-order valence-electron chi connectivity index (χ1n) is 6.26. The maximum Gasteiger partial charge on any atom is 0.399 e. The van der Waals surface area contributed by atoms with Crippen molar-refractivity contribution < 1.29 is 21.5 Å². The highest BCUT2D eigenvalue weighted by atomic mass is 32.3. The third-order valence-corrected chi connectivity index (χ3v) is 4.48. The van der Waals surface area contributed by atoms with Crippen molar-refractivity contribution in [3.05, 3.63) is 35.9 Å². The molecule has 2 fully saturated rings. The van der Waals surface area contributed by atoms with Gasteiger partial charge in [0.1, 0.15) is 0 Å². The third-order valence-electron chi connectivity index (χ3n) is 3.67. The summed E-state index contributed by atoms with van der Waals surface area (Å²) in [5, 5.41) is 0. The molecule has 6 heteroatoms. The van der Waals surface area contributed by atoms with Crippen LogP contribution in [-0.2, 0) is 30.1 Å². The van der Waals surface area contributed by atoms with Gasteiger partial charge in [0.2, 0.25) is 0 Å². The number of hydrogen-bond acceptors (Lipinski definition) is 5. The van der Waals surface area contributed by atoms with E-state index in [-0.39, 0.29) is 24.7 Å². The molecule has 1 saturated carbocycles. The van der Waals surface area contributed by atoms with E-state index in [0.717, 1.165) is 18.4 Å². The first-order chi connectivity index (χ1) is 9.07. The Labute approximate surface area is 112 Å². The highest BCUT2D eigenvalue weighted by Gasteiger charge is 2.49. The second-order valence-electron chi connectivity index (χ2n) is 5.26. The van der Waals surface area contributed by atoms with Gasteiger partial charge in [0.05, 0.1) is 25.9 Å². The molecule has 1 aromatic rings. The molecular weight excluding hydrogens is 268 g/mol. The Balaban J connectivity index is 1.46. The fourth-order valence-electron chi connectivity index (χ4n) is 2.52. The Morgan fingerprint density at radius 2 is 1.79 bits per heavy atom. The van der Waals surface area contributed by atoms with Crippen LogP contribution in [0.2, 0.25) is 0 Å². The average Bonchev–Trinajstić information content (AvgIpc) is 2.37. The van der Waals surface area contributed by atoms with Gasteiger partial charge in [0, 0.05) is 5.41 Å². The lowest BCUT2D eigenvalue weighted by molar-refractivity contribution is -0.133. The van der Waals surface area contributed by atoms with E-state index in [1.54, 1.807) is 0 Å². The summed E-state index contributed by atoms with van der Waals surface area (Å²) in [5.74, 6) is 0. The van der Waals surface area contributed by atoms with E-state index in [1.807, 2.05) is 30.3 Å². The number of ether oxygens (including phenoxy) is 1. The molecule has 0 bridgehead atoms. The lowest BCUT2D eigenvalue weighted by Crippen LogP contribution is -2.51. The molecule has 1 aliphatic heterocycles. The van der Waals surface area contributed by atoms with E-state index in [1.165, 1.54) is 0 Å². The van der Waals surface area contributed by atoms with Gasteiger partial charge in [0.25, 0.3) is 0 Å². The first kappa shape index (κ1) is 13.1. The summed E-state index contributed by atoms with van der Waals surface area (Å²) in [6.07, 6.45) is 1.73. The van der Waals surface area contributed by atoms with Crippen LogP contribution in [-0.4, -0.2) is 27.7 Å². The smallest absolute Gasteiger partial charge is 0.373 e. The summed E-state index contributed by atoms with van der Waals surface area (Å²) in [4.78, 5) is 0. The summed E-state index contributed by atoms with van der Waals surface area (Å²) in [7, 11) is -3.74. The fraction of sp³-hybridized carbons (Fsp3) is 0.538. The molecule has 1 aromatic carbocycles. The van der Waals surface area contributed by atoms with Crippen molar-refractivity contribution in [2.45, 2.75) is 25.6 Å². The van der Waals surface area contributed by atoms with Gasteiger partial charge in [0.15, 0.2) is 0 Å². The summed E-state index contributed by atoms with van der Waals surface area (Å²) in [6, 6.07) is 9.98. The predicted octanol–water partition coefficient (Wildman–Crippen LogP) is 1.64. The van der Waals surface area contributed by atoms with Crippen molar-refractivity contribution in [2.24, 2.45) is 5.41 Å². The molecule has 0 atom stereocenters. The number of hydrogen-bond donors (Lipinski definition) is 0. The lowest BCUT2D eigenvalue weighted by atomic mass is 9.68. The van der Waals surface area contributed by atoms with Crippen LogP contribution in [0.4, 0.5) is 0 Å².